The topological polar surface area (TPSA) is 28.6 Å². The summed E-state index contributed by atoms with van der Waals surface area (Å²) in [5, 5.41) is 0. The van der Waals surface area contributed by atoms with E-state index >= 15 is 0 Å². The zero-order valence-corrected chi connectivity index (χ0v) is 15.9. The monoisotopic (exact) mass is 337 g/mol. The molecule has 2 aliphatic rings. The average Bonchev–Trinajstić information content (AvgIpc) is 3.07. The van der Waals surface area contributed by atoms with Crippen molar-refractivity contribution in [1.82, 2.24) is 14.8 Å². The minimum atomic E-state index is 0.521. The van der Waals surface area contributed by atoms with E-state index in [9.17, 15) is 0 Å². The van der Waals surface area contributed by atoms with Crippen LogP contribution < -0.4 is 0 Å². The van der Waals surface area contributed by atoms with Gasteiger partial charge in [-0.2, -0.15) is 0 Å². The smallest absolute Gasteiger partial charge is 0.0798 e. The largest absolute Gasteiger partial charge is 0.383 e. The fraction of sp³-hybridized carbons (Fsp3) is 0.833. The fourth-order valence-corrected chi connectivity index (χ4v) is 5.20. The number of likely N-dealkylation sites (tertiary alicyclic amines) is 2. The van der Waals surface area contributed by atoms with Crippen LogP contribution in [-0.4, -0.2) is 60.2 Å². The molecule has 0 radical (unpaired) electrons. The lowest BCUT2D eigenvalue weighted by Crippen LogP contribution is -2.42. The van der Waals surface area contributed by atoms with Gasteiger partial charge in [-0.1, -0.05) is 0 Å². The Morgan fingerprint density at radius 1 is 1.39 bits per heavy atom. The average molecular weight is 338 g/mol. The molecule has 0 saturated carbocycles. The van der Waals surface area contributed by atoms with E-state index in [0.717, 1.165) is 13.2 Å². The first-order chi connectivity index (χ1) is 11.0. The van der Waals surface area contributed by atoms with Crippen molar-refractivity contribution in [3.63, 3.8) is 0 Å². The van der Waals surface area contributed by atoms with Crippen molar-refractivity contribution in [2.45, 2.75) is 58.7 Å². The molecule has 1 atom stereocenters. The predicted molar refractivity (Wildman–Crippen MR) is 95.9 cm³/mol. The first-order valence-electron chi connectivity index (χ1n) is 8.89. The van der Waals surface area contributed by atoms with Gasteiger partial charge < -0.3 is 4.74 Å². The Labute approximate surface area is 144 Å². The van der Waals surface area contributed by atoms with Crippen LogP contribution in [0.3, 0.4) is 0 Å². The number of methoxy groups -OCH3 is 1. The number of piperidine rings is 1. The minimum absolute atomic E-state index is 0.521. The zero-order valence-electron chi connectivity index (χ0n) is 15.0. The maximum atomic E-state index is 5.49. The van der Waals surface area contributed by atoms with Gasteiger partial charge in [-0.15, -0.1) is 11.3 Å². The standard InChI is InChI=1S/C18H31N3OS/c1-14(2)21-12-18(9-16(21)11-22-4)5-7-20(8-6-18)10-17-15(3)19-13-23-17/h13-14,16H,5-12H2,1-4H3/t16-/m1/s1. The summed E-state index contributed by atoms with van der Waals surface area (Å²) < 4.78 is 5.49. The molecule has 3 rings (SSSR count). The molecule has 1 spiro atoms. The summed E-state index contributed by atoms with van der Waals surface area (Å²) in [6.07, 6.45) is 3.97. The van der Waals surface area contributed by atoms with Crippen LogP contribution in [0, 0.1) is 12.3 Å². The molecule has 2 aliphatic heterocycles. The second kappa shape index (κ2) is 7.18. The van der Waals surface area contributed by atoms with Crippen molar-refractivity contribution in [2.24, 2.45) is 5.41 Å². The van der Waals surface area contributed by atoms with Gasteiger partial charge in [-0.25, -0.2) is 4.98 Å². The predicted octanol–water partition coefficient (Wildman–Crippen LogP) is 3.16. The van der Waals surface area contributed by atoms with E-state index < -0.39 is 0 Å². The minimum Gasteiger partial charge on any atom is -0.383 e. The maximum Gasteiger partial charge on any atom is 0.0798 e. The Morgan fingerprint density at radius 2 is 2.13 bits per heavy atom. The summed E-state index contributed by atoms with van der Waals surface area (Å²) >= 11 is 1.80. The third-order valence-electron chi connectivity index (χ3n) is 5.81. The van der Waals surface area contributed by atoms with E-state index in [1.807, 2.05) is 12.6 Å². The van der Waals surface area contributed by atoms with Gasteiger partial charge in [-0.05, 0) is 58.5 Å². The zero-order chi connectivity index (χ0) is 16.4. The molecule has 0 N–H and O–H groups in total. The molecule has 4 nitrogen and oxygen atoms in total. The maximum absolute atomic E-state index is 5.49. The second-order valence-electron chi connectivity index (χ2n) is 7.72. The van der Waals surface area contributed by atoms with Crippen LogP contribution in [0.4, 0.5) is 0 Å². The molecule has 2 fully saturated rings. The molecule has 0 bridgehead atoms. The van der Waals surface area contributed by atoms with Crippen LogP contribution in [0.15, 0.2) is 5.51 Å². The molecule has 130 valence electrons. The van der Waals surface area contributed by atoms with E-state index in [1.54, 1.807) is 11.3 Å². The summed E-state index contributed by atoms with van der Waals surface area (Å²) in [4.78, 5) is 11.1. The van der Waals surface area contributed by atoms with E-state index in [4.69, 9.17) is 4.74 Å². The van der Waals surface area contributed by atoms with Crippen molar-refractivity contribution >= 4 is 11.3 Å². The molecule has 0 amide bonds. The first-order valence-corrected chi connectivity index (χ1v) is 9.77. The molecule has 1 aromatic heterocycles. The quantitative estimate of drug-likeness (QED) is 0.825. The van der Waals surface area contributed by atoms with Gasteiger partial charge in [0.1, 0.15) is 0 Å². The molecule has 0 aromatic carbocycles. The van der Waals surface area contributed by atoms with Gasteiger partial charge >= 0.3 is 0 Å². The number of rotatable bonds is 5. The van der Waals surface area contributed by atoms with Crippen molar-refractivity contribution in [2.75, 3.05) is 33.4 Å². The van der Waals surface area contributed by atoms with Crippen molar-refractivity contribution in [3.8, 4) is 0 Å². The van der Waals surface area contributed by atoms with Crippen LogP contribution >= 0.6 is 11.3 Å². The number of aromatic nitrogens is 1. The molecule has 1 aromatic rings. The Bertz CT molecular complexity index is 508. The Hall–Kier alpha value is -0.490. The van der Waals surface area contributed by atoms with Crippen LogP contribution in [-0.2, 0) is 11.3 Å². The van der Waals surface area contributed by atoms with E-state index in [0.29, 0.717) is 17.5 Å². The SMILES string of the molecule is COC[C@H]1CC2(CCN(Cc3scnc3C)CC2)CN1C(C)C. The van der Waals surface area contributed by atoms with Crippen LogP contribution in [0.1, 0.15) is 43.7 Å². The molecule has 3 heterocycles. The summed E-state index contributed by atoms with van der Waals surface area (Å²) in [7, 11) is 1.84. The Morgan fingerprint density at radius 3 is 2.70 bits per heavy atom. The lowest BCUT2D eigenvalue weighted by Gasteiger charge is -2.39. The fourth-order valence-electron chi connectivity index (χ4n) is 4.38. The Kier molecular flexibility index (Phi) is 5.41. The van der Waals surface area contributed by atoms with Crippen LogP contribution in [0.25, 0.3) is 0 Å². The highest BCUT2D eigenvalue weighted by Crippen LogP contribution is 2.44. The van der Waals surface area contributed by atoms with Crippen molar-refractivity contribution in [1.29, 1.82) is 0 Å². The molecular formula is C18H31N3OS. The highest BCUT2D eigenvalue weighted by Gasteiger charge is 2.46. The van der Waals surface area contributed by atoms with Gasteiger partial charge in [0.25, 0.3) is 0 Å². The van der Waals surface area contributed by atoms with E-state index in [1.165, 1.54) is 49.5 Å². The van der Waals surface area contributed by atoms with Crippen molar-refractivity contribution in [3.05, 3.63) is 16.1 Å². The number of aryl methyl sites for hydroxylation is 1. The first kappa shape index (κ1) is 17.3. The summed E-state index contributed by atoms with van der Waals surface area (Å²) in [6.45, 7) is 12.4. The number of thiazole rings is 1. The summed E-state index contributed by atoms with van der Waals surface area (Å²) in [5.41, 5.74) is 3.71. The highest BCUT2D eigenvalue weighted by molar-refractivity contribution is 7.09. The number of ether oxygens (including phenoxy) is 1. The number of hydrogen-bond acceptors (Lipinski definition) is 5. The van der Waals surface area contributed by atoms with Gasteiger partial charge in [0.15, 0.2) is 0 Å². The van der Waals surface area contributed by atoms with Gasteiger partial charge in [0.2, 0.25) is 0 Å². The van der Waals surface area contributed by atoms with E-state index in [2.05, 4.69) is 35.6 Å². The molecule has 2 saturated heterocycles. The Balaban J connectivity index is 1.58. The summed E-state index contributed by atoms with van der Waals surface area (Å²) in [6, 6.07) is 1.22. The highest BCUT2D eigenvalue weighted by atomic mass is 32.1. The third-order valence-corrected chi connectivity index (χ3v) is 6.73. The van der Waals surface area contributed by atoms with Crippen LogP contribution in [0.5, 0.6) is 0 Å². The molecular weight excluding hydrogens is 306 g/mol. The number of hydrogen-bond donors (Lipinski definition) is 0. The molecule has 5 heteroatoms. The van der Waals surface area contributed by atoms with Crippen molar-refractivity contribution < 1.29 is 4.74 Å². The van der Waals surface area contributed by atoms with E-state index in [-0.39, 0.29) is 0 Å². The normalized spacial score (nSPS) is 25.7. The molecule has 23 heavy (non-hydrogen) atoms. The third kappa shape index (κ3) is 3.78. The van der Waals surface area contributed by atoms with Gasteiger partial charge in [0, 0.05) is 37.2 Å². The molecule has 0 aliphatic carbocycles. The lowest BCUT2D eigenvalue weighted by molar-refractivity contribution is 0.0918. The van der Waals surface area contributed by atoms with Gasteiger partial charge in [0.05, 0.1) is 17.8 Å². The number of nitrogens with zero attached hydrogens (tertiary/aromatic N) is 3. The lowest BCUT2D eigenvalue weighted by atomic mass is 9.76. The van der Waals surface area contributed by atoms with Gasteiger partial charge in [-0.3, -0.25) is 9.80 Å². The van der Waals surface area contributed by atoms with Crippen LogP contribution in [0.2, 0.25) is 0 Å². The molecule has 0 unspecified atom stereocenters. The second-order valence-corrected chi connectivity index (χ2v) is 8.66. The summed E-state index contributed by atoms with van der Waals surface area (Å²) in [5.74, 6) is 0.